The number of piperidine rings is 1. The molecule has 2 aliphatic rings. The number of likely N-dealkylation sites (tertiary alicyclic amines) is 2. The standard InChI is InChI=1S/C21H27N5O3/c1-15-23-19(29-24-15)8-9-20(27)26-12-4-5-17(14-26)18-7-6-16(13-22-18)21(28)25-10-2-3-11-25/h6-7,13,17H,2-5,8-12,14H2,1H3/t17-/m0/s1. The summed E-state index contributed by atoms with van der Waals surface area (Å²) in [7, 11) is 0. The molecule has 1 atom stereocenters. The van der Waals surface area contributed by atoms with Crippen molar-refractivity contribution < 1.29 is 14.1 Å². The summed E-state index contributed by atoms with van der Waals surface area (Å²) in [6.07, 6.45) is 6.63. The highest BCUT2D eigenvalue weighted by atomic mass is 16.5. The van der Waals surface area contributed by atoms with Crippen molar-refractivity contribution in [2.24, 2.45) is 0 Å². The van der Waals surface area contributed by atoms with Crippen molar-refractivity contribution in [3.8, 4) is 0 Å². The van der Waals surface area contributed by atoms with Gasteiger partial charge in [0.1, 0.15) is 0 Å². The van der Waals surface area contributed by atoms with Crippen molar-refractivity contribution in [2.45, 2.75) is 51.4 Å². The van der Waals surface area contributed by atoms with Gasteiger partial charge in [0, 0.05) is 56.8 Å². The fourth-order valence-corrected chi connectivity index (χ4v) is 4.13. The summed E-state index contributed by atoms with van der Waals surface area (Å²) < 4.78 is 5.09. The van der Waals surface area contributed by atoms with Crippen molar-refractivity contribution in [1.29, 1.82) is 0 Å². The first-order chi connectivity index (χ1) is 14.1. The highest BCUT2D eigenvalue weighted by Gasteiger charge is 2.26. The van der Waals surface area contributed by atoms with Crippen LogP contribution < -0.4 is 0 Å². The van der Waals surface area contributed by atoms with E-state index in [0.29, 0.717) is 36.7 Å². The van der Waals surface area contributed by atoms with Gasteiger partial charge >= 0.3 is 0 Å². The lowest BCUT2D eigenvalue weighted by Crippen LogP contribution is -2.39. The zero-order chi connectivity index (χ0) is 20.2. The largest absolute Gasteiger partial charge is 0.342 e. The Morgan fingerprint density at radius 2 is 1.93 bits per heavy atom. The van der Waals surface area contributed by atoms with E-state index in [-0.39, 0.29) is 17.7 Å². The van der Waals surface area contributed by atoms with Crippen LogP contribution in [-0.4, -0.2) is 62.9 Å². The first-order valence-electron chi connectivity index (χ1n) is 10.4. The molecule has 0 aliphatic carbocycles. The van der Waals surface area contributed by atoms with Gasteiger partial charge in [0.25, 0.3) is 5.91 Å². The van der Waals surface area contributed by atoms with Crippen LogP contribution in [0, 0.1) is 6.92 Å². The van der Waals surface area contributed by atoms with E-state index in [1.54, 1.807) is 13.1 Å². The third-order valence-corrected chi connectivity index (χ3v) is 5.74. The van der Waals surface area contributed by atoms with Gasteiger partial charge in [-0.3, -0.25) is 14.6 Å². The molecular weight excluding hydrogens is 370 g/mol. The van der Waals surface area contributed by atoms with E-state index >= 15 is 0 Å². The fraction of sp³-hybridized carbons (Fsp3) is 0.571. The molecule has 4 rings (SSSR count). The molecule has 2 aromatic rings. The van der Waals surface area contributed by atoms with E-state index < -0.39 is 0 Å². The molecule has 154 valence electrons. The highest BCUT2D eigenvalue weighted by Crippen LogP contribution is 2.26. The van der Waals surface area contributed by atoms with E-state index in [4.69, 9.17) is 4.52 Å². The van der Waals surface area contributed by atoms with Gasteiger partial charge in [-0.2, -0.15) is 4.98 Å². The third-order valence-electron chi connectivity index (χ3n) is 5.74. The Labute approximate surface area is 170 Å². The molecular formula is C21H27N5O3. The predicted octanol–water partition coefficient (Wildman–Crippen LogP) is 2.35. The quantitative estimate of drug-likeness (QED) is 0.769. The number of carbonyl (C=O) groups excluding carboxylic acids is 2. The minimum absolute atomic E-state index is 0.0678. The van der Waals surface area contributed by atoms with E-state index in [9.17, 15) is 9.59 Å². The first kappa shape index (κ1) is 19.5. The number of hydrogen-bond donors (Lipinski definition) is 0. The molecule has 0 bridgehead atoms. The normalized spacial score (nSPS) is 19.6. The van der Waals surface area contributed by atoms with Crippen molar-refractivity contribution in [1.82, 2.24) is 24.9 Å². The Kier molecular flexibility index (Phi) is 5.87. The van der Waals surface area contributed by atoms with Gasteiger partial charge in [-0.15, -0.1) is 0 Å². The van der Waals surface area contributed by atoms with Gasteiger partial charge in [0.05, 0.1) is 5.56 Å². The van der Waals surface area contributed by atoms with Gasteiger partial charge in [-0.05, 0) is 44.7 Å². The summed E-state index contributed by atoms with van der Waals surface area (Å²) in [6.45, 7) is 4.87. The average Bonchev–Trinajstić information content (AvgIpc) is 3.44. The van der Waals surface area contributed by atoms with Crippen LogP contribution in [0.3, 0.4) is 0 Å². The zero-order valence-electron chi connectivity index (χ0n) is 16.8. The number of amides is 2. The zero-order valence-corrected chi connectivity index (χ0v) is 16.8. The van der Waals surface area contributed by atoms with Crippen LogP contribution in [0.15, 0.2) is 22.9 Å². The van der Waals surface area contributed by atoms with Crippen molar-refractivity contribution in [2.75, 3.05) is 26.2 Å². The van der Waals surface area contributed by atoms with Crippen molar-refractivity contribution in [3.05, 3.63) is 41.3 Å². The molecule has 2 aliphatic heterocycles. The van der Waals surface area contributed by atoms with Crippen LogP contribution in [0.25, 0.3) is 0 Å². The molecule has 0 spiro atoms. The maximum atomic E-state index is 12.6. The fourth-order valence-electron chi connectivity index (χ4n) is 4.13. The summed E-state index contributed by atoms with van der Waals surface area (Å²) in [4.78, 5) is 37.6. The molecule has 0 N–H and O–H groups in total. The molecule has 2 amide bonds. The Balaban J connectivity index is 1.33. The monoisotopic (exact) mass is 397 g/mol. The SMILES string of the molecule is Cc1noc(CCC(=O)N2CCC[C@H](c3ccc(C(=O)N4CCCC4)cn3)C2)n1. The summed E-state index contributed by atoms with van der Waals surface area (Å²) in [5.41, 5.74) is 1.60. The van der Waals surface area contributed by atoms with Crippen LogP contribution >= 0.6 is 0 Å². The van der Waals surface area contributed by atoms with E-state index in [0.717, 1.165) is 51.0 Å². The summed E-state index contributed by atoms with van der Waals surface area (Å²) in [5.74, 6) is 1.46. The maximum absolute atomic E-state index is 12.6. The number of hydrogen-bond acceptors (Lipinski definition) is 6. The lowest BCUT2D eigenvalue weighted by Gasteiger charge is -2.32. The second-order valence-electron chi connectivity index (χ2n) is 7.89. The molecule has 0 saturated carbocycles. The molecule has 8 nitrogen and oxygen atoms in total. The molecule has 0 aromatic carbocycles. The van der Waals surface area contributed by atoms with Gasteiger partial charge in [-0.25, -0.2) is 0 Å². The number of aryl methyl sites for hydroxylation is 2. The lowest BCUT2D eigenvalue weighted by molar-refractivity contribution is -0.132. The Morgan fingerprint density at radius 1 is 1.14 bits per heavy atom. The number of aromatic nitrogens is 3. The lowest BCUT2D eigenvalue weighted by atomic mass is 9.93. The number of nitrogens with zero attached hydrogens (tertiary/aromatic N) is 5. The van der Waals surface area contributed by atoms with Crippen LogP contribution in [0.4, 0.5) is 0 Å². The van der Waals surface area contributed by atoms with Gasteiger partial charge in [-0.1, -0.05) is 5.16 Å². The van der Waals surface area contributed by atoms with Crippen LogP contribution in [-0.2, 0) is 11.2 Å². The Morgan fingerprint density at radius 3 is 2.62 bits per heavy atom. The third kappa shape index (κ3) is 4.63. The molecule has 2 fully saturated rings. The van der Waals surface area contributed by atoms with Crippen molar-refractivity contribution in [3.63, 3.8) is 0 Å². The van der Waals surface area contributed by atoms with Crippen molar-refractivity contribution >= 4 is 11.8 Å². The molecule has 0 unspecified atom stereocenters. The highest BCUT2D eigenvalue weighted by molar-refractivity contribution is 5.94. The smallest absolute Gasteiger partial charge is 0.255 e. The molecule has 4 heterocycles. The molecule has 2 aromatic heterocycles. The minimum atomic E-state index is 0.0678. The average molecular weight is 397 g/mol. The number of carbonyl (C=O) groups is 2. The Hall–Kier alpha value is -2.77. The van der Waals surface area contributed by atoms with Gasteiger partial charge < -0.3 is 14.3 Å². The minimum Gasteiger partial charge on any atom is -0.342 e. The molecule has 29 heavy (non-hydrogen) atoms. The van der Waals surface area contributed by atoms with Gasteiger partial charge in [0.15, 0.2) is 5.82 Å². The predicted molar refractivity (Wildman–Crippen MR) is 105 cm³/mol. The summed E-state index contributed by atoms with van der Waals surface area (Å²) in [6, 6.07) is 3.82. The maximum Gasteiger partial charge on any atom is 0.255 e. The molecule has 0 radical (unpaired) electrons. The number of rotatable bonds is 5. The first-order valence-corrected chi connectivity index (χ1v) is 10.4. The van der Waals surface area contributed by atoms with Crippen LogP contribution in [0.2, 0.25) is 0 Å². The summed E-state index contributed by atoms with van der Waals surface area (Å²) >= 11 is 0. The topological polar surface area (TPSA) is 92.4 Å². The molecule has 2 saturated heterocycles. The van der Waals surface area contributed by atoms with E-state index in [1.807, 2.05) is 21.9 Å². The molecule has 8 heteroatoms. The van der Waals surface area contributed by atoms with E-state index in [2.05, 4.69) is 15.1 Å². The van der Waals surface area contributed by atoms with Gasteiger partial charge in [0.2, 0.25) is 11.8 Å². The van der Waals surface area contributed by atoms with E-state index in [1.165, 1.54) is 0 Å². The summed E-state index contributed by atoms with van der Waals surface area (Å²) in [5, 5.41) is 3.76. The Bertz CT molecular complexity index is 857. The second-order valence-corrected chi connectivity index (χ2v) is 7.89. The van der Waals surface area contributed by atoms with Crippen LogP contribution in [0.1, 0.15) is 65.8 Å². The van der Waals surface area contributed by atoms with Crippen LogP contribution in [0.5, 0.6) is 0 Å². The second kappa shape index (κ2) is 8.71. The number of pyridine rings is 1.